The fourth-order valence-electron chi connectivity index (χ4n) is 6.01. The number of ether oxygens (including phenoxy) is 2. The van der Waals surface area contributed by atoms with Crippen LogP contribution in [0.5, 0.6) is 0 Å². The Balaban J connectivity index is 1.52. The molecule has 5 N–H and O–H groups in total. The topological polar surface area (TPSA) is 165 Å². The van der Waals surface area contributed by atoms with Crippen molar-refractivity contribution in [1.82, 2.24) is 36.2 Å². The first-order valence-electron chi connectivity index (χ1n) is 17.9. The van der Waals surface area contributed by atoms with Gasteiger partial charge in [-0.2, -0.15) is 0 Å². The van der Waals surface area contributed by atoms with E-state index in [1.165, 1.54) is 0 Å². The van der Waals surface area contributed by atoms with Crippen molar-refractivity contribution in [2.45, 2.75) is 64.9 Å². The number of urea groups is 2. The van der Waals surface area contributed by atoms with Crippen LogP contribution in [0.1, 0.15) is 38.8 Å². The molecule has 0 radical (unpaired) electrons. The third kappa shape index (κ3) is 12.5. The summed E-state index contributed by atoms with van der Waals surface area (Å²) in [5, 5.41) is 22.2. The molecular weight excluding hydrogens is 654 g/mol. The van der Waals surface area contributed by atoms with Gasteiger partial charge in [-0.25, -0.2) is 14.6 Å². The summed E-state index contributed by atoms with van der Waals surface area (Å²) in [6.07, 6.45) is -0.853. The molecule has 0 aliphatic carbocycles. The van der Waals surface area contributed by atoms with Crippen LogP contribution in [0, 0.1) is 11.8 Å². The number of nitrogens with one attached hydrogen (secondary N) is 4. The van der Waals surface area contributed by atoms with Crippen LogP contribution in [-0.4, -0.2) is 127 Å². The molecular formula is C37H55N7O7. The molecule has 2 aromatic rings. The van der Waals surface area contributed by atoms with Gasteiger partial charge in [-0.1, -0.05) is 88.4 Å². The largest absolute Gasteiger partial charge is 0.390 e. The van der Waals surface area contributed by atoms with E-state index in [0.29, 0.717) is 59.0 Å². The number of benzene rings is 2. The lowest BCUT2D eigenvalue weighted by Crippen LogP contribution is -2.60. The molecule has 280 valence electrons. The highest BCUT2D eigenvalue weighted by molar-refractivity contribution is 5.88. The number of aliphatic hydroxyl groups excluding tert-OH is 1. The van der Waals surface area contributed by atoms with Gasteiger partial charge in [0.1, 0.15) is 12.1 Å². The fourth-order valence-corrected chi connectivity index (χ4v) is 6.01. The van der Waals surface area contributed by atoms with Gasteiger partial charge in [0.05, 0.1) is 38.6 Å². The van der Waals surface area contributed by atoms with Crippen molar-refractivity contribution < 1.29 is 33.8 Å². The minimum atomic E-state index is -1.15. The molecule has 14 nitrogen and oxygen atoms in total. The van der Waals surface area contributed by atoms with Gasteiger partial charge in [-0.15, -0.1) is 0 Å². The van der Waals surface area contributed by atoms with E-state index in [1.54, 1.807) is 14.8 Å². The van der Waals surface area contributed by atoms with Crippen LogP contribution in [0.15, 0.2) is 60.7 Å². The van der Waals surface area contributed by atoms with Crippen LogP contribution >= 0.6 is 0 Å². The Hall–Kier alpha value is -4.24. The van der Waals surface area contributed by atoms with Gasteiger partial charge in [0.15, 0.2) is 0 Å². The molecule has 6 amide bonds. The molecule has 2 saturated heterocycles. The van der Waals surface area contributed by atoms with Gasteiger partial charge in [0, 0.05) is 39.3 Å². The summed E-state index contributed by atoms with van der Waals surface area (Å²) >= 11 is 0. The second-order valence-electron chi connectivity index (χ2n) is 13.8. The number of hydrogen-bond donors (Lipinski definition) is 5. The Kier molecular flexibility index (Phi) is 15.5. The molecule has 0 unspecified atom stereocenters. The number of carbonyl (C=O) groups excluding carboxylic acids is 4. The number of hydrazine groups is 1. The SMILES string of the molecule is CC(C)[C@H](NC(=O)N1CCOCC1)C(=O)N[C@@H](Cc1ccccc1)[C@@H](O)CN(Cc1ccccc1)NC(=O)[C@H](NC(=O)N1CCOCC1)C(C)C. The minimum Gasteiger partial charge on any atom is -0.390 e. The van der Waals surface area contributed by atoms with Crippen LogP contribution in [0.4, 0.5) is 9.59 Å². The van der Waals surface area contributed by atoms with Crippen molar-refractivity contribution in [1.29, 1.82) is 0 Å². The predicted octanol–water partition coefficient (Wildman–Crippen LogP) is 1.74. The first kappa shape index (κ1) is 39.5. The zero-order chi connectivity index (χ0) is 36.8. The maximum Gasteiger partial charge on any atom is 0.318 e. The van der Waals surface area contributed by atoms with Crippen LogP contribution in [-0.2, 0) is 32.0 Å². The van der Waals surface area contributed by atoms with Gasteiger partial charge in [-0.05, 0) is 29.4 Å². The Morgan fingerprint density at radius 1 is 0.686 bits per heavy atom. The quantitative estimate of drug-likeness (QED) is 0.175. The molecule has 4 atom stereocenters. The van der Waals surface area contributed by atoms with Crippen molar-refractivity contribution in [2.75, 3.05) is 59.2 Å². The highest BCUT2D eigenvalue weighted by Crippen LogP contribution is 2.13. The number of amides is 6. The lowest BCUT2D eigenvalue weighted by atomic mass is 9.98. The molecule has 51 heavy (non-hydrogen) atoms. The third-order valence-corrected chi connectivity index (χ3v) is 9.04. The molecule has 0 saturated carbocycles. The van der Waals surface area contributed by atoms with Crippen molar-refractivity contribution in [2.24, 2.45) is 11.8 Å². The zero-order valence-corrected chi connectivity index (χ0v) is 30.3. The van der Waals surface area contributed by atoms with E-state index < -0.39 is 36.0 Å². The van der Waals surface area contributed by atoms with Crippen molar-refractivity contribution in [3.05, 3.63) is 71.8 Å². The summed E-state index contributed by atoms with van der Waals surface area (Å²) in [6, 6.07) is 15.8. The number of rotatable bonds is 15. The summed E-state index contributed by atoms with van der Waals surface area (Å²) in [4.78, 5) is 57.0. The second kappa shape index (κ2) is 20.0. The lowest BCUT2D eigenvalue weighted by Gasteiger charge is -2.34. The van der Waals surface area contributed by atoms with Gasteiger partial charge in [0.25, 0.3) is 5.91 Å². The van der Waals surface area contributed by atoms with Crippen LogP contribution in [0.2, 0.25) is 0 Å². The molecule has 2 aliphatic heterocycles. The van der Waals surface area contributed by atoms with Crippen molar-refractivity contribution >= 4 is 23.9 Å². The summed E-state index contributed by atoms with van der Waals surface area (Å²) in [7, 11) is 0. The first-order valence-corrected chi connectivity index (χ1v) is 17.9. The van der Waals surface area contributed by atoms with E-state index in [0.717, 1.165) is 11.1 Å². The summed E-state index contributed by atoms with van der Waals surface area (Å²) in [5.41, 5.74) is 4.73. The normalized spacial score (nSPS) is 17.4. The maximum absolute atomic E-state index is 13.8. The van der Waals surface area contributed by atoms with Crippen molar-refractivity contribution in [3.8, 4) is 0 Å². The number of aliphatic hydroxyl groups is 1. The second-order valence-corrected chi connectivity index (χ2v) is 13.8. The molecule has 4 rings (SSSR count). The van der Waals surface area contributed by atoms with Gasteiger partial charge in [0.2, 0.25) is 5.91 Å². The molecule has 2 aliphatic rings. The first-order chi connectivity index (χ1) is 24.5. The highest BCUT2D eigenvalue weighted by Gasteiger charge is 2.33. The average Bonchev–Trinajstić information content (AvgIpc) is 3.13. The summed E-state index contributed by atoms with van der Waals surface area (Å²) < 4.78 is 10.7. The van der Waals surface area contributed by atoms with Crippen molar-refractivity contribution in [3.63, 3.8) is 0 Å². The monoisotopic (exact) mass is 709 g/mol. The summed E-state index contributed by atoms with van der Waals surface area (Å²) in [6.45, 7) is 11.1. The smallest absolute Gasteiger partial charge is 0.318 e. The van der Waals surface area contributed by atoms with E-state index >= 15 is 0 Å². The van der Waals surface area contributed by atoms with Gasteiger partial charge < -0.3 is 40.3 Å². The Bertz CT molecular complexity index is 1390. The number of morpholine rings is 2. The molecule has 2 heterocycles. The van der Waals surface area contributed by atoms with Crippen LogP contribution in [0.3, 0.4) is 0 Å². The van der Waals surface area contributed by atoms with E-state index in [1.807, 2.05) is 88.4 Å². The van der Waals surface area contributed by atoms with Crippen LogP contribution in [0.25, 0.3) is 0 Å². The van der Waals surface area contributed by atoms with Crippen LogP contribution < -0.4 is 21.4 Å². The predicted molar refractivity (Wildman–Crippen MR) is 192 cm³/mol. The zero-order valence-electron chi connectivity index (χ0n) is 30.3. The van der Waals surface area contributed by atoms with E-state index in [9.17, 15) is 24.3 Å². The fraction of sp³-hybridized carbons (Fsp3) is 0.568. The Labute approximate surface area is 301 Å². The standard InChI is InChI=1S/C37H55N7O7/c1-26(2)32(39-36(48)42-15-19-50-20-16-42)34(46)38-30(23-28-11-7-5-8-12-28)31(45)25-44(24-29-13-9-6-10-14-29)41-35(47)33(27(3)4)40-37(49)43-17-21-51-22-18-43/h5-14,26-27,30-33,45H,15-25H2,1-4H3,(H,38,46)(H,39,48)(H,40,49)(H,41,47)/t30-,31-,32-,33+/m0/s1. The number of nitrogens with zero attached hydrogens (tertiary/aromatic N) is 3. The third-order valence-electron chi connectivity index (χ3n) is 9.04. The van der Waals surface area contributed by atoms with Gasteiger partial charge in [-0.3, -0.25) is 15.0 Å². The molecule has 0 spiro atoms. The Morgan fingerprint density at radius 2 is 1.14 bits per heavy atom. The summed E-state index contributed by atoms with van der Waals surface area (Å²) in [5.74, 6) is -1.32. The number of hydrogen-bond acceptors (Lipinski definition) is 8. The molecule has 14 heteroatoms. The lowest BCUT2D eigenvalue weighted by molar-refractivity contribution is -0.131. The average molecular weight is 710 g/mol. The Morgan fingerprint density at radius 3 is 1.61 bits per heavy atom. The molecule has 0 aromatic heterocycles. The highest BCUT2D eigenvalue weighted by atomic mass is 16.5. The number of carbonyl (C=O) groups is 4. The molecule has 0 bridgehead atoms. The van der Waals surface area contributed by atoms with Gasteiger partial charge >= 0.3 is 12.1 Å². The van der Waals surface area contributed by atoms with E-state index in [4.69, 9.17) is 9.47 Å². The minimum absolute atomic E-state index is 0.0485. The van der Waals surface area contributed by atoms with E-state index in [2.05, 4.69) is 21.4 Å². The molecule has 2 fully saturated rings. The molecule has 2 aromatic carbocycles. The maximum atomic E-state index is 13.8. The van der Waals surface area contributed by atoms with E-state index in [-0.39, 0.29) is 37.0 Å².